The number of benzene rings is 2. The van der Waals surface area contributed by atoms with E-state index >= 15 is 0 Å². The van der Waals surface area contributed by atoms with Crippen molar-refractivity contribution >= 4 is 28.2 Å². The summed E-state index contributed by atoms with van der Waals surface area (Å²) in [6.07, 6.45) is 5.11. The highest BCUT2D eigenvalue weighted by Gasteiger charge is 2.10. The Morgan fingerprint density at radius 2 is 1.76 bits per heavy atom. The van der Waals surface area contributed by atoms with Gasteiger partial charge in [-0.15, -0.1) is 0 Å². The number of nitrogens with zero attached hydrogens (tertiary/aromatic N) is 3. The molecule has 9 heteroatoms. The maximum Gasteiger partial charge on any atom is 0.251 e. The summed E-state index contributed by atoms with van der Waals surface area (Å²) in [7, 11) is -2.46. The first-order valence-electron chi connectivity index (χ1n) is 10.6. The van der Waals surface area contributed by atoms with Crippen molar-refractivity contribution in [2.45, 2.75) is 19.2 Å². The third kappa shape index (κ3) is 6.02. The third-order valence-corrected chi connectivity index (χ3v) is 5.77. The van der Waals surface area contributed by atoms with Gasteiger partial charge in [0.2, 0.25) is 5.95 Å². The van der Waals surface area contributed by atoms with Crippen molar-refractivity contribution in [1.82, 2.24) is 20.3 Å². The van der Waals surface area contributed by atoms with Crippen LogP contribution in [0.25, 0.3) is 11.3 Å². The van der Waals surface area contributed by atoms with E-state index in [-0.39, 0.29) is 11.7 Å². The van der Waals surface area contributed by atoms with Gasteiger partial charge in [-0.2, -0.15) is 0 Å². The van der Waals surface area contributed by atoms with E-state index in [2.05, 4.69) is 25.6 Å². The lowest BCUT2D eigenvalue weighted by atomic mass is 10.1. The third-order valence-electron chi connectivity index (χ3n) is 5.15. The minimum atomic E-state index is -2.46. The van der Waals surface area contributed by atoms with Gasteiger partial charge in [0.1, 0.15) is 10.7 Å². The molecule has 0 fully saturated rings. The Kier molecular flexibility index (Phi) is 7.24. The Morgan fingerprint density at radius 3 is 2.50 bits per heavy atom. The maximum absolute atomic E-state index is 12.7. The molecule has 2 heterocycles. The van der Waals surface area contributed by atoms with Crippen molar-refractivity contribution in [3.05, 3.63) is 102 Å². The number of anilines is 2. The van der Waals surface area contributed by atoms with Crippen LogP contribution in [0.1, 0.15) is 27.0 Å². The molecule has 34 heavy (non-hydrogen) atoms. The van der Waals surface area contributed by atoms with Crippen molar-refractivity contribution in [3.63, 3.8) is 0 Å². The molecule has 172 valence electrons. The van der Waals surface area contributed by atoms with Crippen molar-refractivity contribution < 1.29 is 13.2 Å². The molecule has 2 aromatic carbocycles. The highest BCUT2D eigenvalue weighted by Crippen LogP contribution is 2.22. The fourth-order valence-corrected chi connectivity index (χ4v) is 3.82. The van der Waals surface area contributed by atoms with Gasteiger partial charge in [-0.05, 0) is 53.9 Å². The maximum atomic E-state index is 12.7. The van der Waals surface area contributed by atoms with Gasteiger partial charge in [0.15, 0.2) is 0 Å². The second-order valence-electron chi connectivity index (χ2n) is 7.65. The van der Waals surface area contributed by atoms with Gasteiger partial charge in [0, 0.05) is 41.9 Å². The molecule has 4 aromatic rings. The summed E-state index contributed by atoms with van der Waals surface area (Å²) >= 11 is 0. The number of hydrogen-bond donors (Lipinski definition) is 3. The van der Waals surface area contributed by atoms with Gasteiger partial charge >= 0.3 is 0 Å². The Morgan fingerprint density at radius 1 is 0.971 bits per heavy atom. The largest absolute Gasteiger partial charge is 0.348 e. The van der Waals surface area contributed by atoms with Gasteiger partial charge in [0.25, 0.3) is 5.91 Å². The first-order chi connectivity index (χ1) is 16.5. The lowest BCUT2D eigenvalue weighted by Gasteiger charge is -2.12. The molecule has 2 N–H and O–H groups in total. The quantitative estimate of drug-likeness (QED) is 0.335. The molecule has 8 nitrogen and oxygen atoms in total. The van der Waals surface area contributed by atoms with Crippen LogP contribution < -0.4 is 10.6 Å². The van der Waals surface area contributed by atoms with E-state index in [0.717, 1.165) is 33.6 Å². The number of thiol groups is 1. The van der Waals surface area contributed by atoms with Gasteiger partial charge < -0.3 is 10.6 Å². The summed E-state index contributed by atoms with van der Waals surface area (Å²) in [5, 5.41) is 6.09. The van der Waals surface area contributed by atoms with Crippen LogP contribution in [0.15, 0.2) is 79.3 Å². The minimum absolute atomic E-state index is 0.00990. The molecule has 0 spiro atoms. The van der Waals surface area contributed by atoms with Crippen LogP contribution in [0.4, 0.5) is 11.6 Å². The fourth-order valence-electron chi connectivity index (χ4n) is 3.31. The molecule has 0 atom stereocenters. The Bertz CT molecular complexity index is 1370. The number of carbonyl (C=O) groups excluding carboxylic acids is 1. The zero-order valence-corrected chi connectivity index (χ0v) is 19.3. The number of aromatic nitrogens is 3. The van der Waals surface area contributed by atoms with Crippen molar-refractivity contribution in [2.75, 3.05) is 5.32 Å². The average molecular weight is 474 g/mol. The lowest BCUT2D eigenvalue weighted by molar-refractivity contribution is 0.0951. The summed E-state index contributed by atoms with van der Waals surface area (Å²) in [5.74, 6) is 0.206. The van der Waals surface area contributed by atoms with Crippen LogP contribution >= 0.6 is 0 Å². The van der Waals surface area contributed by atoms with Crippen LogP contribution in [0.5, 0.6) is 0 Å². The molecule has 0 aliphatic heterocycles. The average Bonchev–Trinajstić information content (AvgIpc) is 2.85. The topological polar surface area (TPSA) is 114 Å². The van der Waals surface area contributed by atoms with Crippen LogP contribution in [0, 0.1) is 6.92 Å². The second kappa shape index (κ2) is 10.7. The number of nitrogens with one attached hydrogen (secondary N) is 2. The number of carbonyl (C=O) groups is 1. The van der Waals surface area contributed by atoms with Gasteiger partial charge in [-0.25, -0.2) is 18.4 Å². The van der Waals surface area contributed by atoms with E-state index in [1.165, 1.54) is 0 Å². The first kappa shape index (κ1) is 23.1. The van der Waals surface area contributed by atoms with E-state index < -0.39 is 10.7 Å². The molecule has 2 aromatic heterocycles. The van der Waals surface area contributed by atoms with E-state index in [1.54, 1.807) is 42.9 Å². The molecular weight excluding hydrogens is 450 g/mol. The molecule has 0 aliphatic carbocycles. The van der Waals surface area contributed by atoms with E-state index in [9.17, 15) is 13.2 Å². The number of pyridine rings is 1. The molecule has 0 unspecified atom stereocenters. The SMILES string of the molecule is Cc1ccc(C(=O)NCc2ccc(C[SH](=O)=O)cc2)cc1Nc1nccc(-c2cccnc2)n1. The molecule has 0 saturated heterocycles. The molecule has 0 bridgehead atoms. The highest BCUT2D eigenvalue weighted by atomic mass is 32.2. The summed E-state index contributed by atoms with van der Waals surface area (Å²) in [6.45, 7) is 2.27. The Hall–Kier alpha value is -4.11. The van der Waals surface area contributed by atoms with Crippen LogP contribution in [0.2, 0.25) is 0 Å². The Labute approximate surface area is 199 Å². The normalized spacial score (nSPS) is 10.8. The summed E-state index contributed by atoms with van der Waals surface area (Å²) < 4.78 is 21.7. The molecular formula is C25H23N5O3S. The number of rotatable bonds is 8. The van der Waals surface area contributed by atoms with Crippen molar-refractivity contribution in [2.24, 2.45) is 0 Å². The van der Waals surface area contributed by atoms with Crippen LogP contribution in [0.3, 0.4) is 0 Å². The van der Waals surface area contributed by atoms with Gasteiger partial charge in [0.05, 0.1) is 11.4 Å². The van der Waals surface area contributed by atoms with Crippen LogP contribution in [-0.4, -0.2) is 29.3 Å². The molecule has 1 amide bonds. The van der Waals surface area contributed by atoms with E-state index in [0.29, 0.717) is 18.1 Å². The van der Waals surface area contributed by atoms with Crippen LogP contribution in [-0.2, 0) is 23.0 Å². The molecule has 0 saturated carbocycles. The van der Waals surface area contributed by atoms with Gasteiger partial charge in [-0.3, -0.25) is 9.78 Å². The number of amides is 1. The molecule has 0 aliphatic rings. The smallest absolute Gasteiger partial charge is 0.251 e. The highest BCUT2D eigenvalue weighted by molar-refractivity contribution is 7.71. The molecule has 0 radical (unpaired) electrons. The summed E-state index contributed by atoms with van der Waals surface area (Å²) in [6, 6.07) is 18.1. The number of hydrogen-bond acceptors (Lipinski definition) is 7. The van der Waals surface area contributed by atoms with Crippen molar-refractivity contribution in [3.8, 4) is 11.3 Å². The predicted octanol–water partition coefficient (Wildman–Crippen LogP) is 3.63. The summed E-state index contributed by atoms with van der Waals surface area (Å²) in [4.78, 5) is 25.7. The monoisotopic (exact) mass is 473 g/mol. The Balaban J connectivity index is 1.44. The van der Waals surface area contributed by atoms with Crippen molar-refractivity contribution in [1.29, 1.82) is 0 Å². The lowest BCUT2D eigenvalue weighted by Crippen LogP contribution is -2.23. The van der Waals surface area contributed by atoms with Gasteiger partial charge in [-0.1, -0.05) is 30.3 Å². The fraction of sp³-hybridized carbons (Fsp3) is 0.120. The second-order valence-corrected chi connectivity index (χ2v) is 8.63. The predicted molar refractivity (Wildman–Crippen MR) is 131 cm³/mol. The number of aryl methyl sites for hydroxylation is 1. The summed E-state index contributed by atoms with van der Waals surface area (Å²) in [5.41, 5.74) is 5.39. The first-order valence-corrected chi connectivity index (χ1v) is 11.9. The standard InChI is InChI=1S/C25H23N5O3S/c1-17-4-9-20(24(31)28-14-18-5-7-19(8-6-18)16-34(32)33)13-23(17)30-25-27-12-10-22(29-25)21-3-2-11-26-15-21/h2-13,15,34H,14,16H2,1H3,(H,28,31)(H,27,29,30). The zero-order chi connectivity index (χ0) is 23.9. The minimum Gasteiger partial charge on any atom is -0.348 e. The van der Waals surface area contributed by atoms with E-state index in [4.69, 9.17) is 0 Å². The molecule has 4 rings (SSSR count). The van der Waals surface area contributed by atoms with E-state index in [1.807, 2.05) is 43.3 Å². The zero-order valence-electron chi connectivity index (χ0n) is 18.4.